The molecule has 0 unspecified atom stereocenters. The second-order valence-electron chi connectivity index (χ2n) is 10.4. The van der Waals surface area contributed by atoms with Gasteiger partial charge in [-0.25, -0.2) is 0 Å². The minimum absolute atomic E-state index is 0.605. The van der Waals surface area contributed by atoms with Crippen molar-refractivity contribution in [2.24, 2.45) is 0 Å². The maximum atomic E-state index is 6.29. The van der Waals surface area contributed by atoms with Crippen molar-refractivity contribution in [2.75, 3.05) is 0 Å². The second kappa shape index (κ2) is 7.36. The summed E-state index contributed by atoms with van der Waals surface area (Å²) in [6.45, 7) is 1.21. The minimum Gasteiger partial charge on any atom is -0.488 e. The molecule has 178 valence electrons. The van der Waals surface area contributed by atoms with Gasteiger partial charge < -0.3 is 9.47 Å². The Morgan fingerprint density at radius 2 is 0.816 bits per heavy atom. The van der Waals surface area contributed by atoms with E-state index in [1.54, 1.807) is 0 Å². The minimum atomic E-state index is 0.605. The second-order valence-corrected chi connectivity index (χ2v) is 10.4. The molecule has 0 amide bonds. The summed E-state index contributed by atoms with van der Waals surface area (Å²) in [6.07, 6.45) is 0. The fourth-order valence-electron chi connectivity index (χ4n) is 6.54. The molecule has 2 heteroatoms. The van der Waals surface area contributed by atoms with E-state index >= 15 is 0 Å². The van der Waals surface area contributed by atoms with Crippen molar-refractivity contribution in [3.05, 3.63) is 120 Å². The van der Waals surface area contributed by atoms with E-state index in [4.69, 9.17) is 9.47 Å². The maximum Gasteiger partial charge on any atom is 0.128 e. The third kappa shape index (κ3) is 2.72. The van der Waals surface area contributed by atoms with E-state index in [0.717, 1.165) is 11.5 Å². The molecule has 2 aliphatic heterocycles. The Morgan fingerprint density at radius 3 is 1.29 bits per heavy atom. The molecule has 7 aromatic rings. The van der Waals surface area contributed by atoms with E-state index in [0.29, 0.717) is 13.2 Å². The maximum absolute atomic E-state index is 6.29. The van der Waals surface area contributed by atoms with Crippen LogP contribution in [0.15, 0.2) is 109 Å². The average molecular weight is 487 g/mol. The molecule has 0 aromatic heterocycles. The predicted octanol–water partition coefficient (Wildman–Crippen LogP) is 9.42. The number of fused-ring (bicyclic) bond motifs is 13. The lowest BCUT2D eigenvalue weighted by molar-refractivity contribution is 0.302. The first-order chi connectivity index (χ1) is 18.8. The van der Waals surface area contributed by atoms with Gasteiger partial charge in [0.05, 0.1) is 0 Å². The Bertz CT molecular complexity index is 1980. The van der Waals surface area contributed by atoms with Crippen molar-refractivity contribution in [1.82, 2.24) is 0 Å². The zero-order valence-electron chi connectivity index (χ0n) is 20.6. The molecule has 0 N–H and O–H groups in total. The van der Waals surface area contributed by atoms with Crippen molar-refractivity contribution in [3.63, 3.8) is 0 Å². The van der Waals surface area contributed by atoms with Gasteiger partial charge in [-0.1, -0.05) is 84.9 Å². The van der Waals surface area contributed by atoms with Crippen LogP contribution in [0.2, 0.25) is 0 Å². The van der Waals surface area contributed by atoms with Crippen LogP contribution in [0.3, 0.4) is 0 Å². The summed E-state index contributed by atoms with van der Waals surface area (Å²) in [6, 6.07) is 39.7. The SMILES string of the molecule is c1ccc2c(c1)COc1cc3c(ccc4ccc5ccc6cc7c(cc6c5c43)OCc3ccccc3-7)cc1-2. The highest BCUT2D eigenvalue weighted by molar-refractivity contribution is 6.28. The Morgan fingerprint density at radius 1 is 0.395 bits per heavy atom. The van der Waals surface area contributed by atoms with Crippen LogP contribution in [0.5, 0.6) is 11.5 Å². The normalized spacial score (nSPS) is 13.5. The van der Waals surface area contributed by atoms with Crippen LogP contribution < -0.4 is 9.47 Å². The van der Waals surface area contributed by atoms with Gasteiger partial charge in [0.25, 0.3) is 0 Å². The van der Waals surface area contributed by atoms with Gasteiger partial charge >= 0.3 is 0 Å². The third-order valence-corrected chi connectivity index (χ3v) is 8.38. The van der Waals surface area contributed by atoms with Crippen molar-refractivity contribution in [3.8, 4) is 33.8 Å². The van der Waals surface area contributed by atoms with Crippen molar-refractivity contribution < 1.29 is 9.47 Å². The Kier molecular flexibility index (Phi) is 3.93. The number of hydrogen-bond acceptors (Lipinski definition) is 2. The Labute approximate surface area is 219 Å². The van der Waals surface area contributed by atoms with E-state index < -0.39 is 0 Å². The molecule has 0 aliphatic carbocycles. The van der Waals surface area contributed by atoms with Gasteiger partial charge in [-0.2, -0.15) is 0 Å². The molecule has 0 radical (unpaired) electrons. The van der Waals surface area contributed by atoms with Crippen LogP contribution in [-0.2, 0) is 13.2 Å². The standard InChI is InChI=1S/C36H22O2/c1-3-7-27-25(5-1)19-37-33-17-29-23(15-31(27)33)13-11-21-9-10-22-12-14-24-16-32-28-8-4-2-6-26(28)20-38-34(32)18-30(24)36(22)35(21)29/h1-18H,19-20H2. The average Bonchev–Trinajstić information content (AvgIpc) is 2.98. The summed E-state index contributed by atoms with van der Waals surface area (Å²) in [5.41, 5.74) is 7.35. The molecule has 2 heterocycles. The molecular weight excluding hydrogens is 464 g/mol. The number of benzene rings is 7. The molecular formula is C36H22O2. The van der Waals surface area contributed by atoms with E-state index in [1.807, 2.05) is 0 Å². The first kappa shape index (κ1) is 20.3. The Balaban J connectivity index is 1.39. The van der Waals surface area contributed by atoms with E-state index in [1.165, 1.54) is 76.5 Å². The fourth-order valence-corrected chi connectivity index (χ4v) is 6.54. The van der Waals surface area contributed by atoms with Crippen molar-refractivity contribution in [1.29, 1.82) is 0 Å². The summed E-state index contributed by atoms with van der Waals surface area (Å²) < 4.78 is 12.6. The van der Waals surface area contributed by atoms with Gasteiger partial charge in [0.15, 0.2) is 0 Å². The molecule has 2 aliphatic rings. The van der Waals surface area contributed by atoms with Gasteiger partial charge in [-0.05, 0) is 89.6 Å². The summed E-state index contributed by atoms with van der Waals surface area (Å²) in [5.74, 6) is 1.91. The molecule has 7 aromatic carbocycles. The van der Waals surface area contributed by atoms with Crippen LogP contribution in [0, 0.1) is 0 Å². The molecule has 2 nitrogen and oxygen atoms in total. The molecule has 0 fully saturated rings. The van der Waals surface area contributed by atoms with Gasteiger partial charge in [-0.3, -0.25) is 0 Å². The third-order valence-electron chi connectivity index (χ3n) is 8.38. The summed E-state index contributed by atoms with van der Waals surface area (Å²) in [4.78, 5) is 0. The van der Waals surface area contributed by atoms with E-state index in [9.17, 15) is 0 Å². The largest absolute Gasteiger partial charge is 0.488 e. The smallest absolute Gasteiger partial charge is 0.128 e. The summed E-state index contributed by atoms with van der Waals surface area (Å²) >= 11 is 0. The highest BCUT2D eigenvalue weighted by Gasteiger charge is 2.21. The number of hydrogen-bond donors (Lipinski definition) is 0. The summed E-state index contributed by atoms with van der Waals surface area (Å²) in [5, 5.41) is 9.91. The molecule has 9 rings (SSSR count). The van der Waals surface area contributed by atoms with E-state index in [2.05, 4.69) is 109 Å². The highest BCUT2D eigenvalue weighted by atomic mass is 16.5. The van der Waals surface area contributed by atoms with Crippen LogP contribution in [0.4, 0.5) is 0 Å². The van der Waals surface area contributed by atoms with E-state index in [-0.39, 0.29) is 0 Å². The first-order valence-corrected chi connectivity index (χ1v) is 13.1. The molecule has 0 spiro atoms. The molecule has 0 atom stereocenters. The summed E-state index contributed by atoms with van der Waals surface area (Å²) in [7, 11) is 0. The topological polar surface area (TPSA) is 18.5 Å². The monoisotopic (exact) mass is 486 g/mol. The predicted molar refractivity (Wildman–Crippen MR) is 156 cm³/mol. The van der Waals surface area contributed by atoms with Crippen LogP contribution in [0.1, 0.15) is 11.1 Å². The van der Waals surface area contributed by atoms with Gasteiger partial charge in [0, 0.05) is 11.1 Å². The fraction of sp³-hybridized carbons (Fsp3) is 0.0556. The zero-order valence-corrected chi connectivity index (χ0v) is 20.6. The highest BCUT2D eigenvalue weighted by Crippen LogP contribution is 2.46. The van der Waals surface area contributed by atoms with Crippen molar-refractivity contribution >= 4 is 43.1 Å². The van der Waals surface area contributed by atoms with Gasteiger partial charge in [0.2, 0.25) is 0 Å². The molecule has 38 heavy (non-hydrogen) atoms. The molecule has 0 saturated carbocycles. The zero-order chi connectivity index (χ0) is 24.8. The quantitative estimate of drug-likeness (QED) is 0.199. The lowest BCUT2D eigenvalue weighted by atomic mass is 9.88. The number of rotatable bonds is 0. The van der Waals surface area contributed by atoms with Crippen molar-refractivity contribution in [2.45, 2.75) is 13.2 Å². The first-order valence-electron chi connectivity index (χ1n) is 13.1. The van der Waals surface area contributed by atoms with Gasteiger partial charge in [-0.15, -0.1) is 0 Å². The number of ether oxygens (including phenoxy) is 2. The molecule has 0 saturated heterocycles. The lowest BCUT2D eigenvalue weighted by Gasteiger charge is -2.23. The lowest BCUT2D eigenvalue weighted by Crippen LogP contribution is -2.05. The van der Waals surface area contributed by atoms with Gasteiger partial charge in [0.1, 0.15) is 24.7 Å². The van der Waals surface area contributed by atoms with Crippen LogP contribution >= 0.6 is 0 Å². The molecule has 0 bridgehead atoms. The van der Waals surface area contributed by atoms with Crippen LogP contribution in [0.25, 0.3) is 65.3 Å². The Hall–Kier alpha value is -4.82. The van der Waals surface area contributed by atoms with Crippen LogP contribution in [-0.4, -0.2) is 0 Å².